The van der Waals surface area contributed by atoms with Crippen molar-refractivity contribution >= 4 is 34.6 Å². The summed E-state index contributed by atoms with van der Waals surface area (Å²) in [6, 6.07) is 14.4. The summed E-state index contributed by atoms with van der Waals surface area (Å²) in [6.07, 6.45) is 6.15. The molecule has 3 aromatic rings. The fraction of sp³-hybridized carbons (Fsp3) is 0.333. The van der Waals surface area contributed by atoms with Gasteiger partial charge in [0.15, 0.2) is 0 Å². The lowest BCUT2D eigenvalue weighted by molar-refractivity contribution is 0.214. The third-order valence-corrected chi connectivity index (χ3v) is 6.28. The first kappa shape index (κ1) is 21.4. The number of halogens is 1. The molecule has 2 aromatic heterocycles. The van der Waals surface area contributed by atoms with Gasteiger partial charge in [-0.25, -0.2) is 0 Å². The fourth-order valence-electron chi connectivity index (χ4n) is 4.58. The van der Waals surface area contributed by atoms with Crippen LogP contribution in [0.3, 0.4) is 0 Å². The first-order valence-electron chi connectivity index (χ1n) is 10.5. The monoisotopic (exact) mass is 438 g/mol. The molecule has 1 saturated heterocycles. The van der Waals surface area contributed by atoms with Gasteiger partial charge in [-0.15, -0.1) is 12.4 Å². The number of nitrogens with one attached hydrogen (secondary N) is 1. The molecule has 1 atom stereocenters. The summed E-state index contributed by atoms with van der Waals surface area (Å²) in [5.74, 6) is 0.892. The number of rotatable bonds is 4. The van der Waals surface area contributed by atoms with Gasteiger partial charge in [-0.2, -0.15) is 0 Å². The first-order chi connectivity index (χ1) is 14.7. The van der Waals surface area contributed by atoms with Crippen molar-refractivity contribution in [3.63, 3.8) is 0 Å². The van der Waals surface area contributed by atoms with Crippen LogP contribution >= 0.6 is 12.4 Å². The van der Waals surface area contributed by atoms with Crippen molar-refractivity contribution in [1.29, 1.82) is 0 Å². The largest absolute Gasteiger partial charge is 0.497 e. The van der Waals surface area contributed by atoms with E-state index in [0.717, 1.165) is 56.0 Å². The number of hydrogen-bond donors (Lipinski definition) is 1. The van der Waals surface area contributed by atoms with Crippen LogP contribution in [-0.2, 0) is 0 Å². The van der Waals surface area contributed by atoms with Gasteiger partial charge in [0.2, 0.25) is 0 Å². The number of allylic oxidation sites excluding steroid dienone is 1. The van der Waals surface area contributed by atoms with E-state index in [1.54, 1.807) is 19.4 Å². The van der Waals surface area contributed by atoms with Crippen molar-refractivity contribution in [3.8, 4) is 5.75 Å². The summed E-state index contributed by atoms with van der Waals surface area (Å²) >= 11 is 0. The number of hydrogen-bond acceptors (Lipinski definition) is 5. The molecule has 5 rings (SSSR count). The molecule has 0 spiro atoms. The quantitative estimate of drug-likeness (QED) is 0.672. The lowest BCUT2D eigenvalue weighted by atomic mass is 10.1. The molecule has 1 aliphatic carbocycles. The molecule has 0 amide bonds. The molecule has 7 heteroatoms. The zero-order valence-electron chi connectivity index (χ0n) is 17.6. The van der Waals surface area contributed by atoms with Gasteiger partial charge in [0.25, 0.3) is 5.56 Å². The van der Waals surface area contributed by atoms with Gasteiger partial charge < -0.3 is 14.6 Å². The number of benzene rings is 1. The maximum atomic E-state index is 12.4. The summed E-state index contributed by atoms with van der Waals surface area (Å²) in [4.78, 5) is 24.8. The topological polar surface area (TPSA) is 61.5 Å². The Balaban J connectivity index is 0.00000231. The van der Waals surface area contributed by atoms with Crippen LogP contribution in [0, 0.1) is 0 Å². The van der Waals surface area contributed by atoms with Gasteiger partial charge >= 0.3 is 0 Å². The molecular weight excluding hydrogens is 412 g/mol. The van der Waals surface area contributed by atoms with Gasteiger partial charge in [-0.3, -0.25) is 14.7 Å². The standard InChI is InChI=1S/C24H26N4O2.ClH/c1-30-20-8-6-18(7-9-20)27-11-13-28(14-12-27)19-5-4-17(15-19)22-16-23-21(24(29)26-22)3-2-10-25-23;/h2-3,6-10,15-16,19H,4-5,11-14H2,1H3,(H,26,29);1H/t19-;/m1./s1. The highest BCUT2D eigenvalue weighted by Crippen LogP contribution is 2.31. The molecule has 1 aliphatic heterocycles. The van der Waals surface area contributed by atoms with Crippen molar-refractivity contribution in [2.24, 2.45) is 0 Å². The Hall–Kier alpha value is -2.83. The van der Waals surface area contributed by atoms with Gasteiger partial charge in [0, 0.05) is 49.8 Å². The number of H-pyrrole nitrogens is 1. The third kappa shape index (κ3) is 4.31. The Bertz CT molecular complexity index is 1130. The van der Waals surface area contributed by atoms with Crippen molar-refractivity contribution in [1.82, 2.24) is 14.9 Å². The second-order valence-corrected chi connectivity index (χ2v) is 7.97. The molecular formula is C24H27ClN4O2. The Morgan fingerprint density at radius 1 is 1.10 bits per heavy atom. The van der Waals surface area contributed by atoms with Crippen LogP contribution in [0.5, 0.6) is 5.75 Å². The highest BCUT2D eigenvalue weighted by molar-refractivity contribution is 5.85. The van der Waals surface area contributed by atoms with Gasteiger partial charge in [0.1, 0.15) is 5.75 Å². The first-order valence-corrected chi connectivity index (χ1v) is 10.5. The average molecular weight is 439 g/mol. The Morgan fingerprint density at radius 3 is 2.61 bits per heavy atom. The molecule has 0 radical (unpaired) electrons. The number of pyridine rings is 2. The number of aromatic nitrogens is 2. The van der Waals surface area contributed by atoms with Crippen molar-refractivity contribution in [2.75, 3.05) is 38.2 Å². The SMILES string of the molecule is COc1ccc(N2CCN([C@H]3C=C(c4cc5ncccc5c(=O)[nH]4)CC3)CC2)cc1.Cl. The van der Waals surface area contributed by atoms with Gasteiger partial charge in [-0.1, -0.05) is 6.08 Å². The van der Waals surface area contributed by atoms with Crippen molar-refractivity contribution in [3.05, 3.63) is 70.8 Å². The number of aromatic amines is 1. The minimum Gasteiger partial charge on any atom is -0.497 e. The van der Waals surface area contributed by atoms with Crippen molar-refractivity contribution in [2.45, 2.75) is 18.9 Å². The summed E-state index contributed by atoms with van der Waals surface area (Å²) in [5.41, 5.74) is 4.08. The number of fused-ring (bicyclic) bond motifs is 1. The second kappa shape index (κ2) is 9.12. The maximum absolute atomic E-state index is 12.4. The molecule has 1 N–H and O–H groups in total. The molecule has 1 aromatic carbocycles. The lowest BCUT2D eigenvalue weighted by Gasteiger charge is -2.38. The smallest absolute Gasteiger partial charge is 0.257 e. The number of methoxy groups -OCH3 is 1. The zero-order valence-corrected chi connectivity index (χ0v) is 18.4. The lowest BCUT2D eigenvalue weighted by Crippen LogP contribution is -2.49. The van der Waals surface area contributed by atoms with E-state index in [4.69, 9.17) is 4.74 Å². The van der Waals surface area contributed by atoms with E-state index < -0.39 is 0 Å². The van der Waals surface area contributed by atoms with E-state index in [0.29, 0.717) is 11.4 Å². The zero-order chi connectivity index (χ0) is 20.5. The van der Waals surface area contributed by atoms with Crippen LogP contribution in [0.15, 0.2) is 59.5 Å². The molecule has 1 fully saturated rings. The normalized spacial score (nSPS) is 19.2. The second-order valence-electron chi connectivity index (χ2n) is 7.97. The molecule has 162 valence electrons. The summed E-state index contributed by atoms with van der Waals surface area (Å²) in [7, 11) is 1.70. The molecule has 31 heavy (non-hydrogen) atoms. The van der Waals surface area contributed by atoms with Crippen LogP contribution in [0.2, 0.25) is 0 Å². The fourth-order valence-corrected chi connectivity index (χ4v) is 4.58. The highest BCUT2D eigenvalue weighted by Gasteiger charge is 2.27. The third-order valence-electron chi connectivity index (χ3n) is 6.28. The van der Waals surface area contributed by atoms with E-state index in [9.17, 15) is 4.79 Å². The number of piperazine rings is 1. The van der Waals surface area contributed by atoms with E-state index in [1.165, 1.54) is 11.3 Å². The van der Waals surface area contributed by atoms with Crippen LogP contribution in [0.1, 0.15) is 18.5 Å². The Kier molecular flexibility index (Phi) is 6.30. The van der Waals surface area contributed by atoms with Gasteiger partial charge in [0.05, 0.1) is 18.0 Å². The summed E-state index contributed by atoms with van der Waals surface area (Å²) in [6.45, 7) is 4.11. The minimum absolute atomic E-state index is 0. The molecule has 3 heterocycles. The molecule has 0 unspecified atom stereocenters. The average Bonchev–Trinajstić information content (AvgIpc) is 3.30. The Morgan fingerprint density at radius 2 is 1.87 bits per heavy atom. The van der Waals surface area contributed by atoms with E-state index in [1.807, 2.05) is 24.3 Å². The van der Waals surface area contributed by atoms with Crippen LogP contribution in [-0.4, -0.2) is 54.2 Å². The summed E-state index contributed by atoms with van der Waals surface area (Å²) < 4.78 is 5.26. The molecule has 6 nitrogen and oxygen atoms in total. The van der Waals surface area contributed by atoms with Crippen LogP contribution in [0.25, 0.3) is 16.5 Å². The van der Waals surface area contributed by atoms with Crippen LogP contribution in [0.4, 0.5) is 5.69 Å². The maximum Gasteiger partial charge on any atom is 0.257 e. The predicted octanol–water partition coefficient (Wildman–Crippen LogP) is 3.72. The number of ether oxygens (including phenoxy) is 1. The van der Waals surface area contributed by atoms with E-state index in [2.05, 4.69) is 38.0 Å². The van der Waals surface area contributed by atoms with Gasteiger partial charge in [-0.05, 0) is 60.9 Å². The highest BCUT2D eigenvalue weighted by atomic mass is 35.5. The van der Waals surface area contributed by atoms with E-state index in [-0.39, 0.29) is 18.0 Å². The molecule has 0 bridgehead atoms. The van der Waals surface area contributed by atoms with Crippen LogP contribution < -0.4 is 15.2 Å². The number of nitrogens with zero attached hydrogens (tertiary/aromatic N) is 3. The number of anilines is 1. The summed E-state index contributed by atoms with van der Waals surface area (Å²) in [5, 5.41) is 0.644. The van der Waals surface area contributed by atoms with Crippen molar-refractivity contribution < 1.29 is 4.74 Å². The minimum atomic E-state index is -0.0620. The Labute approximate surface area is 188 Å². The molecule has 0 saturated carbocycles. The molecule has 2 aliphatic rings. The predicted molar refractivity (Wildman–Crippen MR) is 127 cm³/mol. The van der Waals surface area contributed by atoms with E-state index >= 15 is 0 Å².